The molecule has 4 rings (SSSR count). The summed E-state index contributed by atoms with van der Waals surface area (Å²) in [6.07, 6.45) is 6.81. The fourth-order valence-corrected chi connectivity index (χ4v) is 4.53. The number of benzene rings is 1. The molecule has 2 aliphatic rings. The molecule has 8 nitrogen and oxygen atoms in total. The Kier molecular flexibility index (Phi) is 6.69. The second-order valence-corrected chi connectivity index (χ2v) is 8.79. The van der Waals surface area contributed by atoms with Crippen LogP contribution in [0.1, 0.15) is 54.3 Å². The third kappa shape index (κ3) is 4.75. The van der Waals surface area contributed by atoms with Crippen LogP contribution in [0.25, 0.3) is 11.1 Å². The molecular formula is C24H31N5O3. The molecule has 1 saturated carbocycles. The van der Waals surface area contributed by atoms with Crippen LogP contribution < -0.4 is 10.6 Å². The first kappa shape index (κ1) is 22.2. The molecular weight excluding hydrogens is 406 g/mol. The minimum atomic E-state index is -0.489. The second kappa shape index (κ2) is 9.65. The largest absolute Gasteiger partial charge is 0.368 e. The Balaban J connectivity index is 1.66. The van der Waals surface area contributed by atoms with Crippen molar-refractivity contribution >= 4 is 17.8 Å². The number of hydrogen-bond acceptors (Lipinski definition) is 6. The van der Waals surface area contributed by atoms with Gasteiger partial charge in [-0.2, -0.15) is 0 Å². The lowest BCUT2D eigenvalue weighted by Crippen LogP contribution is -2.45. The van der Waals surface area contributed by atoms with Gasteiger partial charge in [0.1, 0.15) is 6.10 Å². The van der Waals surface area contributed by atoms with E-state index in [4.69, 9.17) is 15.5 Å². The molecule has 8 heteroatoms. The summed E-state index contributed by atoms with van der Waals surface area (Å²) in [7, 11) is 3.76. The summed E-state index contributed by atoms with van der Waals surface area (Å²) in [5, 5.41) is 0. The maximum atomic E-state index is 13.2. The van der Waals surface area contributed by atoms with Crippen LogP contribution >= 0.6 is 0 Å². The normalized spacial score (nSPS) is 19.6. The van der Waals surface area contributed by atoms with Gasteiger partial charge in [0.2, 0.25) is 17.8 Å². The number of hydrogen-bond donors (Lipinski definition) is 1. The molecule has 170 valence electrons. The summed E-state index contributed by atoms with van der Waals surface area (Å²) in [5.74, 6) is 0.431. The highest BCUT2D eigenvalue weighted by Gasteiger charge is 2.32. The Morgan fingerprint density at radius 1 is 1.19 bits per heavy atom. The summed E-state index contributed by atoms with van der Waals surface area (Å²) in [6, 6.07) is 7.12. The minimum Gasteiger partial charge on any atom is -0.368 e. The summed E-state index contributed by atoms with van der Waals surface area (Å²) in [5.41, 5.74) is 8.18. The van der Waals surface area contributed by atoms with Crippen molar-refractivity contribution in [3.05, 3.63) is 41.7 Å². The molecule has 0 bridgehead atoms. The summed E-state index contributed by atoms with van der Waals surface area (Å²) < 4.78 is 6.11. The van der Waals surface area contributed by atoms with Crippen molar-refractivity contribution in [1.29, 1.82) is 0 Å². The van der Waals surface area contributed by atoms with Gasteiger partial charge >= 0.3 is 0 Å². The van der Waals surface area contributed by atoms with E-state index < -0.39 is 5.91 Å². The number of rotatable bonds is 5. The quantitative estimate of drug-likeness (QED) is 0.772. The van der Waals surface area contributed by atoms with Crippen molar-refractivity contribution in [3.63, 3.8) is 0 Å². The minimum absolute atomic E-state index is 0.122. The first-order chi connectivity index (χ1) is 15.4. The first-order valence-electron chi connectivity index (χ1n) is 11.3. The van der Waals surface area contributed by atoms with Crippen LogP contribution in [-0.4, -0.2) is 60.5 Å². The topological polar surface area (TPSA) is 102 Å². The molecule has 1 atom stereocenters. The van der Waals surface area contributed by atoms with Crippen LogP contribution in [0.5, 0.6) is 0 Å². The Hall–Kier alpha value is -3.00. The van der Waals surface area contributed by atoms with E-state index in [9.17, 15) is 9.59 Å². The Morgan fingerprint density at radius 2 is 1.97 bits per heavy atom. The van der Waals surface area contributed by atoms with E-state index in [0.29, 0.717) is 36.9 Å². The predicted molar refractivity (Wildman–Crippen MR) is 122 cm³/mol. The molecule has 1 aromatic carbocycles. The van der Waals surface area contributed by atoms with Crippen LogP contribution in [0.15, 0.2) is 30.5 Å². The van der Waals surface area contributed by atoms with E-state index in [0.717, 1.165) is 36.8 Å². The van der Waals surface area contributed by atoms with Crippen LogP contribution in [0.4, 0.5) is 5.95 Å². The van der Waals surface area contributed by atoms with E-state index in [-0.39, 0.29) is 17.9 Å². The highest BCUT2D eigenvalue weighted by atomic mass is 16.5. The number of aromatic nitrogens is 2. The molecule has 2 fully saturated rings. The Morgan fingerprint density at radius 3 is 2.69 bits per heavy atom. The third-order valence-electron chi connectivity index (χ3n) is 6.30. The van der Waals surface area contributed by atoms with Crippen molar-refractivity contribution in [2.24, 2.45) is 11.7 Å². The SMILES string of the molecule is CN(C)c1ncc(-c2cccc(C(N)=O)c2)c([C@H]2CN(C(=O)C3CCCCC3)CCO2)n1. The standard InChI is InChI=1S/C24H31N5O3/c1-28(2)24-26-14-19(17-9-6-10-18(13-17)22(25)30)21(27-24)20-15-29(11-12-32-20)23(31)16-7-4-3-5-8-16/h6,9-10,13-14,16,20H,3-5,7-8,11-12,15H2,1-2H3,(H2,25,30)/t20-/m1/s1. The van der Waals surface area contributed by atoms with Gasteiger partial charge in [-0.1, -0.05) is 31.4 Å². The zero-order valence-electron chi connectivity index (χ0n) is 18.8. The lowest BCUT2D eigenvalue weighted by atomic mass is 9.88. The van der Waals surface area contributed by atoms with Gasteiger partial charge in [0, 0.05) is 43.9 Å². The fourth-order valence-electron chi connectivity index (χ4n) is 4.53. The van der Waals surface area contributed by atoms with E-state index in [1.54, 1.807) is 24.4 Å². The van der Waals surface area contributed by atoms with Gasteiger partial charge < -0.3 is 20.3 Å². The monoisotopic (exact) mass is 437 g/mol. The number of morpholine rings is 1. The van der Waals surface area contributed by atoms with Crippen LogP contribution in [-0.2, 0) is 9.53 Å². The van der Waals surface area contributed by atoms with Gasteiger partial charge in [0.05, 0.1) is 18.8 Å². The molecule has 0 spiro atoms. The Labute approximate surface area is 188 Å². The maximum absolute atomic E-state index is 13.2. The average Bonchev–Trinajstić information content (AvgIpc) is 2.84. The van der Waals surface area contributed by atoms with Crippen LogP contribution in [0.3, 0.4) is 0 Å². The molecule has 2 N–H and O–H groups in total. The number of nitrogens with zero attached hydrogens (tertiary/aromatic N) is 4. The van der Waals surface area contributed by atoms with Gasteiger partial charge in [0.15, 0.2) is 0 Å². The average molecular weight is 438 g/mol. The molecule has 2 heterocycles. The molecule has 2 aromatic rings. The number of primary amides is 1. The van der Waals surface area contributed by atoms with Gasteiger partial charge in [-0.05, 0) is 30.5 Å². The second-order valence-electron chi connectivity index (χ2n) is 8.79. The highest BCUT2D eigenvalue weighted by molar-refractivity contribution is 5.94. The third-order valence-corrected chi connectivity index (χ3v) is 6.30. The number of amides is 2. The van der Waals surface area contributed by atoms with Gasteiger partial charge in [0.25, 0.3) is 0 Å². The van der Waals surface area contributed by atoms with E-state index in [2.05, 4.69) is 4.98 Å². The van der Waals surface area contributed by atoms with Crippen molar-refractivity contribution in [2.75, 3.05) is 38.7 Å². The number of ether oxygens (including phenoxy) is 1. The Bertz CT molecular complexity index is 987. The van der Waals surface area contributed by atoms with Gasteiger partial charge in [-0.15, -0.1) is 0 Å². The first-order valence-corrected chi connectivity index (χ1v) is 11.3. The van der Waals surface area contributed by atoms with E-state index >= 15 is 0 Å². The van der Waals surface area contributed by atoms with E-state index in [1.165, 1.54) is 6.42 Å². The molecule has 2 amide bonds. The number of nitrogens with two attached hydrogens (primary N) is 1. The molecule has 0 radical (unpaired) electrons. The molecule has 0 unspecified atom stereocenters. The highest BCUT2D eigenvalue weighted by Crippen LogP contribution is 2.33. The lowest BCUT2D eigenvalue weighted by molar-refractivity contribution is -0.144. The smallest absolute Gasteiger partial charge is 0.248 e. The summed E-state index contributed by atoms with van der Waals surface area (Å²) >= 11 is 0. The molecule has 32 heavy (non-hydrogen) atoms. The van der Waals surface area contributed by atoms with Crippen molar-refractivity contribution in [3.8, 4) is 11.1 Å². The molecule has 1 aliphatic heterocycles. The molecule has 1 saturated heterocycles. The van der Waals surface area contributed by atoms with Crippen LogP contribution in [0, 0.1) is 5.92 Å². The van der Waals surface area contributed by atoms with Crippen LogP contribution in [0.2, 0.25) is 0 Å². The van der Waals surface area contributed by atoms with E-state index in [1.807, 2.05) is 30.0 Å². The number of carbonyl (C=O) groups excluding carboxylic acids is 2. The zero-order valence-corrected chi connectivity index (χ0v) is 18.8. The fraction of sp³-hybridized carbons (Fsp3) is 0.500. The van der Waals surface area contributed by atoms with Crippen molar-refractivity contribution in [2.45, 2.75) is 38.2 Å². The summed E-state index contributed by atoms with van der Waals surface area (Å²) in [4.78, 5) is 37.9. The maximum Gasteiger partial charge on any atom is 0.248 e. The number of anilines is 1. The predicted octanol–water partition coefficient (Wildman–Crippen LogP) is 2.79. The van der Waals surface area contributed by atoms with Crippen molar-refractivity contribution in [1.82, 2.24) is 14.9 Å². The van der Waals surface area contributed by atoms with Gasteiger partial charge in [-0.3, -0.25) is 9.59 Å². The van der Waals surface area contributed by atoms with Gasteiger partial charge in [-0.25, -0.2) is 9.97 Å². The number of carbonyl (C=O) groups is 2. The molecule has 1 aliphatic carbocycles. The molecule has 1 aromatic heterocycles. The zero-order chi connectivity index (χ0) is 22.7. The summed E-state index contributed by atoms with van der Waals surface area (Å²) in [6.45, 7) is 1.52. The lowest BCUT2D eigenvalue weighted by Gasteiger charge is -2.36. The van der Waals surface area contributed by atoms with Crippen molar-refractivity contribution < 1.29 is 14.3 Å².